The number of ether oxygens (including phenoxy) is 1. The summed E-state index contributed by atoms with van der Waals surface area (Å²) in [5, 5.41) is 0.823. The molecule has 1 rings (SSSR count). The Morgan fingerprint density at radius 1 is 1.28 bits per heavy atom. The second-order valence-corrected chi connectivity index (χ2v) is 4.97. The third-order valence-corrected chi connectivity index (χ3v) is 3.67. The molecule has 0 aromatic heterocycles. The average molecular weight is 267 g/mol. The van der Waals surface area contributed by atoms with Gasteiger partial charge in [-0.15, -0.1) is 0 Å². The minimum atomic E-state index is 0.473. The van der Waals surface area contributed by atoms with Crippen molar-refractivity contribution in [3.05, 3.63) is 40.4 Å². The molecule has 0 aliphatic carbocycles. The summed E-state index contributed by atoms with van der Waals surface area (Å²) in [4.78, 5) is 0. The van der Waals surface area contributed by atoms with Crippen molar-refractivity contribution >= 4 is 11.6 Å². The summed E-state index contributed by atoms with van der Waals surface area (Å²) in [6.07, 6.45) is 7.68. The first kappa shape index (κ1) is 15.1. The van der Waals surface area contributed by atoms with Crippen molar-refractivity contribution in [2.24, 2.45) is 0 Å². The van der Waals surface area contributed by atoms with Crippen LogP contribution in [0.15, 0.2) is 24.3 Å². The van der Waals surface area contributed by atoms with Crippen molar-refractivity contribution in [1.82, 2.24) is 0 Å². The molecule has 0 aliphatic rings. The van der Waals surface area contributed by atoms with Gasteiger partial charge in [0, 0.05) is 5.02 Å². The Hall–Kier alpha value is -0.950. The molecule has 1 aromatic carbocycles. The minimum absolute atomic E-state index is 0.473. The molecule has 0 spiro atoms. The normalized spacial score (nSPS) is 12.9. The van der Waals surface area contributed by atoms with E-state index < -0.39 is 0 Å². The maximum atomic E-state index is 6.23. The largest absolute Gasteiger partial charge is 0.496 e. The quantitative estimate of drug-likeness (QED) is 0.617. The minimum Gasteiger partial charge on any atom is -0.496 e. The van der Waals surface area contributed by atoms with Gasteiger partial charge in [0.15, 0.2) is 0 Å². The molecule has 0 saturated heterocycles. The number of methoxy groups -OCH3 is 1. The summed E-state index contributed by atoms with van der Waals surface area (Å²) in [5.74, 6) is 1.43. The SMILES string of the molecule is CC/C=C\CC(CC)c1cc(Cl)c(C)cc1OC. The Balaban J connectivity index is 3.03. The molecule has 1 aromatic rings. The molecule has 0 N–H and O–H groups in total. The maximum absolute atomic E-state index is 6.23. The predicted molar refractivity (Wildman–Crippen MR) is 79.8 cm³/mol. The van der Waals surface area contributed by atoms with Gasteiger partial charge in [0.1, 0.15) is 5.75 Å². The number of benzene rings is 1. The lowest BCUT2D eigenvalue weighted by molar-refractivity contribution is 0.404. The van der Waals surface area contributed by atoms with Gasteiger partial charge in [-0.25, -0.2) is 0 Å². The van der Waals surface area contributed by atoms with Crippen molar-refractivity contribution in [3.63, 3.8) is 0 Å². The zero-order valence-corrected chi connectivity index (χ0v) is 12.6. The van der Waals surface area contributed by atoms with Gasteiger partial charge in [-0.3, -0.25) is 0 Å². The van der Waals surface area contributed by atoms with E-state index in [1.54, 1.807) is 7.11 Å². The Morgan fingerprint density at radius 3 is 2.56 bits per heavy atom. The van der Waals surface area contributed by atoms with E-state index in [0.717, 1.165) is 35.6 Å². The highest BCUT2D eigenvalue weighted by Gasteiger charge is 2.15. The molecule has 1 unspecified atom stereocenters. The van der Waals surface area contributed by atoms with Crippen LogP contribution in [-0.4, -0.2) is 7.11 Å². The van der Waals surface area contributed by atoms with Crippen LogP contribution in [0, 0.1) is 6.92 Å². The first-order chi connectivity index (χ1) is 8.63. The van der Waals surface area contributed by atoms with E-state index in [1.807, 2.05) is 13.0 Å². The smallest absolute Gasteiger partial charge is 0.122 e. The van der Waals surface area contributed by atoms with E-state index in [1.165, 1.54) is 5.56 Å². The van der Waals surface area contributed by atoms with E-state index in [2.05, 4.69) is 32.1 Å². The van der Waals surface area contributed by atoms with Crippen molar-refractivity contribution < 1.29 is 4.74 Å². The van der Waals surface area contributed by atoms with Gasteiger partial charge >= 0.3 is 0 Å². The highest BCUT2D eigenvalue weighted by atomic mass is 35.5. The molecule has 0 heterocycles. The fraction of sp³-hybridized carbons (Fsp3) is 0.500. The van der Waals surface area contributed by atoms with Crippen LogP contribution in [0.5, 0.6) is 5.75 Å². The zero-order valence-electron chi connectivity index (χ0n) is 11.8. The van der Waals surface area contributed by atoms with Gasteiger partial charge in [-0.2, -0.15) is 0 Å². The number of rotatable bonds is 6. The van der Waals surface area contributed by atoms with Gasteiger partial charge in [0.05, 0.1) is 7.11 Å². The maximum Gasteiger partial charge on any atom is 0.122 e. The number of halogens is 1. The molecular formula is C16H23ClO. The summed E-state index contributed by atoms with van der Waals surface area (Å²) in [6.45, 7) is 6.37. The monoisotopic (exact) mass is 266 g/mol. The van der Waals surface area contributed by atoms with Gasteiger partial charge < -0.3 is 4.74 Å². The molecule has 0 saturated carbocycles. The predicted octanol–water partition coefficient (Wildman–Crippen LogP) is 5.51. The Kier molecular flexibility index (Phi) is 6.28. The van der Waals surface area contributed by atoms with Crippen molar-refractivity contribution in [1.29, 1.82) is 0 Å². The first-order valence-corrected chi connectivity index (χ1v) is 7.00. The first-order valence-electron chi connectivity index (χ1n) is 6.63. The summed E-state index contributed by atoms with van der Waals surface area (Å²) in [5.41, 5.74) is 2.28. The lowest BCUT2D eigenvalue weighted by Crippen LogP contribution is -2.00. The lowest BCUT2D eigenvalue weighted by atomic mass is 9.91. The standard InChI is InChI=1S/C16H23ClO/c1-5-7-8-9-13(6-2)14-11-15(17)12(3)10-16(14)18-4/h7-8,10-11,13H,5-6,9H2,1-4H3/b8-7-. The Labute approximate surface area is 116 Å². The van der Waals surface area contributed by atoms with E-state index in [4.69, 9.17) is 16.3 Å². The van der Waals surface area contributed by atoms with E-state index in [0.29, 0.717) is 5.92 Å². The summed E-state index contributed by atoms with van der Waals surface area (Å²) in [7, 11) is 1.72. The summed E-state index contributed by atoms with van der Waals surface area (Å²) in [6, 6.07) is 4.09. The molecule has 0 aliphatic heterocycles. The van der Waals surface area contributed by atoms with Gasteiger partial charge in [-0.1, -0.05) is 37.6 Å². The average Bonchev–Trinajstić information content (AvgIpc) is 2.38. The highest BCUT2D eigenvalue weighted by molar-refractivity contribution is 6.31. The second-order valence-electron chi connectivity index (χ2n) is 4.56. The molecule has 0 radical (unpaired) electrons. The molecule has 0 amide bonds. The fourth-order valence-corrected chi connectivity index (χ4v) is 2.28. The molecule has 100 valence electrons. The highest BCUT2D eigenvalue weighted by Crippen LogP contribution is 2.35. The van der Waals surface area contributed by atoms with E-state index in [-0.39, 0.29) is 0 Å². The van der Waals surface area contributed by atoms with Crippen molar-refractivity contribution in [2.75, 3.05) is 7.11 Å². The zero-order chi connectivity index (χ0) is 13.5. The Morgan fingerprint density at radius 2 is 2.00 bits per heavy atom. The molecule has 1 atom stereocenters. The summed E-state index contributed by atoms with van der Waals surface area (Å²) < 4.78 is 5.49. The summed E-state index contributed by atoms with van der Waals surface area (Å²) >= 11 is 6.23. The number of hydrogen-bond acceptors (Lipinski definition) is 1. The van der Waals surface area contributed by atoms with Gasteiger partial charge in [-0.05, 0) is 55.4 Å². The molecule has 2 heteroatoms. The molecular weight excluding hydrogens is 244 g/mol. The number of aryl methyl sites for hydroxylation is 1. The van der Waals surface area contributed by atoms with E-state index >= 15 is 0 Å². The molecule has 18 heavy (non-hydrogen) atoms. The molecule has 1 nitrogen and oxygen atoms in total. The second kappa shape index (κ2) is 7.48. The van der Waals surface area contributed by atoms with Crippen LogP contribution in [0.1, 0.15) is 50.2 Å². The van der Waals surface area contributed by atoms with Gasteiger partial charge in [0.2, 0.25) is 0 Å². The van der Waals surface area contributed by atoms with Crippen LogP contribution in [0.3, 0.4) is 0 Å². The topological polar surface area (TPSA) is 9.23 Å². The number of allylic oxidation sites excluding steroid dienone is 2. The van der Waals surface area contributed by atoms with Crippen molar-refractivity contribution in [2.45, 2.75) is 46.0 Å². The van der Waals surface area contributed by atoms with Crippen LogP contribution in [0.2, 0.25) is 5.02 Å². The van der Waals surface area contributed by atoms with Crippen LogP contribution in [0.25, 0.3) is 0 Å². The van der Waals surface area contributed by atoms with Crippen molar-refractivity contribution in [3.8, 4) is 5.75 Å². The third kappa shape index (κ3) is 3.78. The van der Waals surface area contributed by atoms with Crippen LogP contribution in [-0.2, 0) is 0 Å². The molecule has 0 fully saturated rings. The lowest BCUT2D eigenvalue weighted by Gasteiger charge is -2.18. The molecule has 0 bridgehead atoms. The van der Waals surface area contributed by atoms with E-state index in [9.17, 15) is 0 Å². The van der Waals surface area contributed by atoms with Crippen LogP contribution < -0.4 is 4.74 Å². The van der Waals surface area contributed by atoms with Crippen LogP contribution in [0.4, 0.5) is 0 Å². The van der Waals surface area contributed by atoms with Crippen LogP contribution >= 0.6 is 11.6 Å². The Bertz CT molecular complexity index is 410. The fourth-order valence-electron chi connectivity index (χ4n) is 2.11. The number of hydrogen-bond donors (Lipinski definition) is 0. The van der Waals surface area contributed by atoms with Gasteiger partial charge in [0.25, 0.3) is 0 Å². The third-order valence-electron chi connectivity index (χ3n) is 3.27.